The summed E-state index contributed by atoms with van der Waals surface area (Å²) >= 11 is 0. The van der Waals surface area contributed by atoms with Crippen molar-refractivity contribution in [1.82, 2.24) is 0 Å². The van der Waals surface area contributed by atoms with Crippen LogP contribution in [0.25, 0.3) is 0 Å². The number of hydrogen-bond acceptors (Lipinski definition) is 2. The molecule has 0 amide bonds. The normalized spacial score (nSPS) is 10.7. The van der Waals surface area contributed by atoms with E-state index < -0.39 is 0 Å². The lowest BCUT2D eigenvalue weighted by Gasteiger charge is -2.10. The van der Waals surface area contributed by atoms with Crippen LogP contribution >= 0.6 is 0 Å². The molecule has 0 N–H and O–H groups in total. The molecule has 2 aromatic rings. The van der Waals surface area contributed by atoms with Gasteiger partial charge in [0.25, 0.3) is 0 Å². The van der Waals surface area contributed by atoms with Crippen LogP contribution in [0, 0.1) is 0 Å². The highest BCUT2D eigenvalue weighted by atomic mass is 16.5. The Hall–Kier alpha value is -1.96. The summed E-state index contributed by atoms with van der Waals surface area (Å²) in [5, 5.41) is 0. The summed E-state index contributed by atoms with van der Waals surface area (Å²) < 4.78 is 11.3. The predicted molar refractivity (Wildman–Crippen MR) is 91.8 cm³/mol. The van der Waals surface area contributed by atoms with E-state index in [0.717, 1.165) is 37.4 Å². The highest BCUT2D eigenvalue weighted by molar-refractivity contribution is 5.30. The number of ether oxygens (including phenoxy) is 2. The molecule has 0 fully saturated rings. The maximum atomic E-state index is 5.66. The molecule has 0 radical (unpaired) electrons. The van der Waals surface area contributed by atoms with Gasteiger partial charge < -0.3 is 9.47 Å². The average molecular weight is 298 g/mol. The average Bonchev–Trinajstić information content (AvgIpc) is 2.53. The zero-order chi connectivity index (χ0) is 15.8. The zero-order valence-electron chi connectivity index (χ0n) is 13.8. The molecule has 118 valence electrons. The molecule has 0 saturated heterocycles. The highest BCUT2D eigenvalue weighted by Crippen LogP contribution is 2.17. The molecule has 0 aromatic heterocycles. The number of aryl methyl sites for hydroxylation is 2. The fraction of sp³-hybridized carbons (Fsp3) is 0.400. The molecule has 2 aromatic carbocycles. The van der Waals surface area contributed by atoms with Crippen LogP contribution in [-0.4, -0.2) is 12.7 Å². The summed E-state index contributed by atoms with van der Waals surface area (Å²) in [4.78, 5) is 0. The minimum absolute atomic E-state index is 0.222. The molecular weight excluding hydrogens is 272 g/mol. The van der Waals surface area contributed by atoms with Crippen LogP contribution in [0.4, 0.5) is 0 Å². The smallest absolute Gasteiger partial charge is 0.119 e. The first-order valence-electron chi connectivity index (χ1n) is 8.14. The van der Waals surface area contributed by atoms with Gasteiger partial charge in [-0.1, -0.05) is 31.2 Å². The second kappa shape index (κ2) is 8.47. The Balaban J connectivity index is 1.84. The van der Waals surface area contributed by atoms with Gasteiger partial charge in [0.2, 0.25) is 0 Å². The number of rotatable bonds is 8. The van der Waals surface area contributed by atoms with E-state index in [4.69, 9.17) is 9.47 Å². The van der Waals surface area contributed by atoms with E-state index in [1.165, 1.54) is 11.1 Å². The molecule has 0 spiro atoms. The second-order valence-corrected chi connectivity index (χ2v) is 5.80. The Kier molecular flexibility index (Phi) is 6.32. The van der Waals surface area contributed by atoms with E-state index >= 15 is 0 Å². The van der Waals surface area contributed by atoms with Gasteiger partial charge in [-0.25, -0.2) is 0 Å². The predicted octanol–water partition coefficient (Wildman–Crippen LogP) is 5.05. The first-order valence-corrected chi connectivity index (χ1v) is 8.14. The van der Waals surface area contributed by atoms with Gasteiger partial charge in [-0.05, 0) is 68.5 Å². The molecular formula is C20H26O2. The summed E-state index contributed by atoms with van der Waals surface area (Å²) in [6.45, 7) is 6.99. The van der Waals surface area contributed by atoms with Gasteiger partial charge in [0.05, 0.1) is 12.7 Å². The van der Waals surface area contributed by atoms with E-state index in [1.54, 1.807) is 0 Å². The van der Waals surface area contributed by atoms with E-state index in [0.29, 0.717) is 0 Å². The van der Waals surface area contributed by atoms with Crippen molar-refractivity contribution in [1.29, 1.82) is 0 Å². The first-order chi connectivity index (χ1) is 10.7. The van der Waals surface area contributed by atoms with Gasteiger partial charge in [-0.15, -0.1) is 0 Å². The lowest BCUT2D eigenvalue weighted by Crippen LogP contribution is -2.05. The standard InChI is InChI=1S/C20H26O2/c1-4-15-21-19-11-7-17(8-12-19)5-6-18-9-13-20(14-10-18)22-16(2)3/h7-14,16H,4-6,15H2,1-3H3. The molecule has 2 rings (SSSR count). The highest BCUT2D eigenvalue weighted by Gasteiger charge is 2.00. The molecule has 0 aliphatic rings. The summed E-state index contributed by atoms with van der Waals surface area (Å²) in [6.07, 6.45) is 3.34. The Morgan fingerprint density at radius 2 is 1.27 bits per heavy atom. The minimum atomic E-state index is 0.222. The summed E-state index contributed by atoms with van der Waals surface area (Å²) in [5.74, 6) is 1.90. The first kappa shape index (κ1) is 16.4. The third-order valence-electron chi connectivity index (χ3n) is 3.39. The SMILES string of the molecule is CCCOc1ccc(CCc2ccc(OC(C)C)cc2)cc1. The van der Waals surface area contributed by atoms with Gasteiger partial charge in [0.1, 0.15) is 11.5 Å². The van der Waals surface area contributed by atoms with Crippen LogP contribution in [0.15, 0.2) is 48.5 Å². The van der Waals surface area contributed by atoms with E-state index in [9.17, 15) is 0 Å². The van der Waals surface area contributed by atoms with Crippen LogP contribution in [0.3, 0.4) is 0 Å². The lowest BCUT2D eigenvalue weighted by molar-refractivity contribution is 0.242. The van der Waals surface area contributed by atoms with E-state index in [1.807, 2.05) is 13.8 Å². The van der Waals surface area contributed by atoms with Crippen molar-refractivity contribution in [2.45, 2.75) is 46.1 Å². The summed E-state index contributed by atoms with van der Waals surface area (Å²) in [7, 11) is 0. The van der Waals surface area contributed by atoms with Crippen LogP contribution in [0.5, 0.6) is 11.5 Å². The Labute approximate surface area is 134 Å². The largest absolute Gasteiger partial charge is 0.494 e. The maximum absolute atomic E-state index is 5.66. The number of benzene rings is 2. The quantitative estimate of drug-likeness (QED) is 0.679. The summed E-state index contributed by atoms with van der Waals surface area (Å²) in [5.41, 5.74) is 2.67. The fourth-order valence-electron chi connectivity index (χ4n) is 2.27. The van der Waals surface area contributed by atoms with Gasteiger partial charge >= 0.3 is 0 Å². The van der Waals surface area contributed by atoms with E-state index in [2.05, 4.69) is 55.5 Å². The molecule has 0 aliphatic heterocycles. The van der Waals surface area contributed by atoms with Crippen LogP contribution in [-0.2, 0) is 12.8 Å². The molecule has 0 saturated carbocycles. The Bertz CT molecular complexity index is 541. The van der Waals surface area contributed by atoms with Crippen LogP contribution < -0.4 is 9.47 Å². The fourth-order valence-corrected chi connectivity index (χ4v) is 2.27. The van der Waals surface area contributed by atoms with Gasteiger partial charge in [0, 0.05) is 0 Å². The van der Waals surface area contributed by atoms with Crippen molar-refractivity contribution in [3.63, 3.8) is 0 Å². The van der Waals surface area contributed by atoms with Crippen molar-refractivity contribution in [2.24, 2.45) is 0 Å². The third kappa shape index (κ3) is 5.44. The topological polar surface area (TPSA) is 18.5 Å². The molecule has 0 atom stereocenters. The van der Waals surface area contributed by atoms with Crippen molar-refractivity contribution in [3.05, 3.63) is 59.7 Å². The van der Waals surface area contributed by atoms with Crippen LogP contribution in [0.2, 0.25) is 0 Å². The summed E-state index contributed by atoms with van der Waals surface area (Å²) in [6, 6.07) is 16.8. The molecule has 22 heavy (non-hydrogen) atoms. The Morgan fingerprint density at radius 3 is 1.73 bits per heavy atom. The van der Waals surface area contributed by atoms with Crippen molar-refractivity contribution < 1.29 is 9.47 Å². The number of hydrogen-bond donors (Lipinski definition) is 0. The van der Waals surface area contributed by atoms with Crippen LogP contribution in [0.1, 0.15) is 38.3 Å². The maximum Gasteiger partial charge on any atom is 0.119 e. The molecule has 2 nitrogen and oxygen atoms in total. The van der Waals surface area contributed by atoms with Crippen molar-refractivity contribution >= 4 is 0 Å². The Morgan fingerprint density at radius 1 is 0.773 bits per heavy atom. The molecule has 0 unspecified atom stereocenters. The van der Waals surface area contributed by atoms with Gasteiger partial charge in [-0.2, -0.15) is 0 Å². The third-order valence-corrected chi connectivity index (χ3v) is 3.39. The van der Waals surface area contributed by atoms with Crippen molar-refractivity contribution in [2.75, 3.05) is 6.61 Å². The van der Waals surface area contributed by atoms with Gasteiger partial charge in [-0.3, -0.25) is 0 Å². The second-order valence-electron chi connectivity index (χ2n) is 5.80. The lowest BCUT2D eigenvalue weighted by atomic mass is 10.0. The molecule has 0 bridgehead atoms. The zero-order valence-corrected chi connectivity index (χ0v) is 13.8. The minimum Gasteiger partial charge on any atom is -0.494 e. The molecule has 2 heteroatoms. The molecule has 0 heterocycles. The van der Waals surface area contributed by atoms with E-state index in [-0.39, 0.29) is 6.10 Å². The molecule has 0 aliphatic carbocycles. The van der Waals surface area contributed by atoms with Crippen molar-refractivity contribution in [3.8, 4) is 11.5 Å². The monoisotopic (exact) mass is 298 g/mol. The van der Waals surface area contributed by atoms with Gasteiger partial charge in [0.15, 0.2) is 0 Å².